The number of urea groups is 1. The van der Waals surface area contributed by atoms with Gasteiger partial charge in [-0.3, -0.25) is 9.59 Å². The lowest BCUT2D eigenvalue weighted by atomic mass is 10.1. The minimum Gasteiger partial charge on any atom is -0.508 e. The molecule has 3 aromatic carbocycles. The molecule has 1 aliphatic carbocycles. The molecule has 0 radical (unpaired) electrons. The molecule has 3 unspecified atom stereocenters. The Kier molecular flexibility index (Phi) is 8.22. The quantitative estimate of drug-likeness (QED) is 0.243. The summed E-state index contributed by atoms with van der Waals surface area (Å²) in [4.78, 5) is 48.9. The maximum atomic E-state index is 12.6. The van der Waals surface area contributed by atoms with Crippen LogP contribution in [-0.2, 0) is 11.3 Å². The van der Waals surface area contributed by atoms with Gasteiger partial charge in [-0.2, -0.15) is 0 Å². The molecule has 38 heavy (non-hydrogen) atoms. The second-order valence-electron chi connectivity index (χ2n) is 9.01. The van der Waals surface area contributed by atoms with Crippen LogP contribution in [0.4, 0.5) is 4.79 Å². The van der Waals surface area contributed by atoms with Crippen molar-refractivity contribution >= 4 is 23.8 Å². The van der Waals surface area contributed by atoms with E-state index >= 15 is 0 Å². The van der Waals surface area contributed by atoms with Crippen LogP contribution in [0.15, 0.2) is 78.9 Å². The molecular weight excluding hydrogens is 488 g/mol. The first-order valence-electron chi connectivity index (χ1n) is 12.1. The summed E-state index contributed by atoms with van der Waals surface area (Å²) in [6, 6.07) is 20.1. The molecule has 4 amide bonds. The molecule has 3 aromatic rings. The monoisotopic (exact) mass is 516 g/mol. The number of carboxylic acids is 1. The van der Waals surface area contributed by atoms with Crippen LogP contribution in [0.1, 0.15) is 44.2 Å². The Bertz CT molecular complexity index is 1310. The molecule has 1 fully saturated rings. The highest BCUT2D eigenvalue weighted by molar-refractivity contribution is 5.99. The predicted molar refractivity (Wildman–Crippen MR) is 139 cm³/mol. The summed E-state index contributed by atoms with van der Waals surface area (Å²) in [5.41, 5.74) is 2.33. The van der Waals surface area contributed by atoms with Gasteiger partial charge in [0.2, 0.25) is 0 Å². The molecule has 3 atom stereocenters. The molecule has 4 rings (SSSR count). The number of nitrogens with one attached hydrogen (secondary N) is 4. The van der Waals surface area contributed by atoms with E-state index in [1.165, 1.54) is 30.3 Å². The van der Waals surface area contributed by atoms with Crippen LogP contribution in [0.2, 0.25) is 0 Å². The van der Waals surface area contributed by atoms with Gasteiger partial charge >= 0.3 is 12.0 Å². The number of benzene rings is 3. The van der Waals surface area contributed by atoms with Crippen molar-refractivity contribution in [3.05, 3.63) is 101 Å². The van der Waals surface area contributed by atoms with Gasteiger partial charge in [-0.05, 0) is 53.9 Å². The average Bonchev–Trinajstić information content (AvgIpc) is 3.69. The van der Waals surface area contributed by atoms with Crippen molar-refractivity contribution in [3.63, 3.8) is 0 Å². The Hall–Kier alpha value is -4.86. The van der Waals surface area contributed by atoms with Crippen molar-refractivity contribution in [2.45, 2.75) is 31.0 Å². The van der Waals surface area contributed by atoms with Crippen molar-refractivity contribution < 1.29 is 29.4 Å². The fraction of sp³-hybridized carbons (Fsp3) is 0.214. The number of phenolic OH excluding ortho intramolecular Hbond substituents is 1. The normalized spacial score (nSPS) is 16.5. The summed E-state index contributed by atoms with van der Waals surface area (Å²) in [7, 11) is 0. The van der Waals surface area contributed by atoms with Crippen LogP contribution in [0.25, 0.3) is 0 Å². The molecule has 0 heterocycles. The standard InChI is InChI=1S/C28H28N4O6/c33-21-8-4-5-17(13-21)15-29-25(34)19-9-11-20(12-10-19)26(35)31-24(27(36)37)16-30-28(38)32-23-14-22(23)18-6-2-1-3-7-18/h1-13,22-24,33H,14-16H2,(H,29,34)(H,31,35)(H,36,37)(H2,30,32,38). The van der Waals surface area contributed by atoms with E-state index in [4.69, 9.17) is 0 Å². The smallest absolute Gasteiger partial charge is 0.328 e. The minimum atomic E-state index is -1.34. The predicted octanol–water partition coefficient (Wildman–Crippen LogP) is 2.36. The largest absolute Gasteiger partial charge is 0.508 e. The molecule has 0 aliphatic heterocycles. The Morgan fingerprint density at radius 2 is 1.53 bits per heavy atom. The fourth-order valence-corrected chi connectivity index (χ4v) is 4.00. The van der Waals surface area contributed by atoms with E-state index in [-0.39, 0.29) is 42.3 Å². The highest BCUT2D eigenvalue weighted by Crippen LogP contribution is 2.40. The van der Waals surface area contributed by atoms with Crippen LogP contribution in [0.5, 0.6) is 5.75 Å². The van der Waals surface area contributed by atoms with Gasteiger partial charge in [0.15, 0.2) is 0 Å². The van der Waals surface area contributed by atoms with Gasteiger partial charge in [-0.15, -0.1) is 0 Å². The summed E-state index contributed by atoms with van der Waals surface area (Å²) in [6.07, 6.45) is 0.806. The molecule has 0 bridgehead atoms. The molecule has 1 saturated carbocycles. The van der Waals surface area contributed by atoms with Gasteiger partial charge in [0.05, 0.1) is 6.54 Å². The third-order valence-electron chi connectivity index (χ3n) is 6.18. The van der Waals surface area contributed by atoms with E-state index in [0.29, 0.717) is 5.56 Å². The van der Waals surface area contributed by atoms with Crippen LogP contribution >= 0.6 is 0 Å². The molecule has 0 saturated heterocycles. The first kappa shape index (κ1) is 26.2. The molecule has 0 aromatic heterocycles. The van der Waals surface area contributed by atoms with E-state index in [0.717, 1.165) is 17.5 Å². The SMILES string of the molecule is O=C(NCC(NC(=O)c1ccc(C(=O)NCc2cccc(O)c2)cc1)C(=O)O)NC1CC1c1ccccc1. The van der Waals surface area contributed by atoms with Crippen molar-refractivity contribution in [1.82, 2.24) is 21.3 Å². The third kappa shape index (κ3) is 7.10. The number of amides is 4. The van der Waals surface area contributed by atoms with Crippen LogP contribution in [-0.4, -0.2) is 52.7 Å². The molecule has 0 spiro atoms. The van der Waals surface area contributed by atoms with E-state index in [9.17, 15) is 29.4 Å². The zero-order chi connectivity index (χ0) is 27.1. The summed E-state index contributed by atoms with van der Waals surface area (Å²) in [6.45, 7) is -0.0881. The Labute approximate surface area is 219 Å². The number of aliphatic carboxylic acids is 1. The van der Waals surface area contributed by atoms with Gasteiger partial charge < -0.3 is 31.5 Å². The van der Waals surface area contributed by atoms with Gasteiger partial charge in [-0.1, -0.05) is 42.5 Å². The van der Waals surface area contributed by atoms with Gasteiger partial charge in [0, 0.05) is 29.6 Å². The van der Waals surface area contributed by atoms with Gasteiger partial charge in [0.25, 0.3) is 11.8 Å². The van der Waals surface area contributed by atoms with Crippen molar-refractivity contribution in [2.75, 3.05) is 6.54 Å². The van der Waals surface area contributed by atoms with Crippen molar-refractivity contribution in [3.8, 4) is 5.75 Å². The molecule has 196 valence electrons. The lowest BCUT2D eigenvalue weighted by Gasteiger charge is -2.16. The Balaban J connectivity index is 1.24. The van der Waals surface area contributed by atoms with Gasteiger partial charge in [-0.25, -0.2) is 9.59 Å². The average molecular weight is 517 g/mol. The van der Waals surface area contributed by atoms with Crippen molar-refractivity contribution in [1.29, 1.82) is 0 Å². The number of aromatic hydroxyl groups is 1. The zero-order valence-electron chi connectivity index (χ0n) is 20.4. The topological polar surface area (TPSA) is 157 Å². The molecule has 10 heteroatoms. The number of hydrogen-bond donors (Lipinski definition) is 6. The van der Waals surface area contributed by atoms with E-state index in [1.807, 2.05) is 30.3 Å². The zero-order valence-corrected chi connectivity index (χ0v) is 20.4. The Morgan fingerprint density at radius 3 is 2.18 bits per heavy atom. The minimum absolute atomic E-state index is 0.0224. The summed E-state index contributed by atoms with van der Waals surface area (Å²) in [5, 5.41) is 29.4. The lowest BCUT2D eigenvalue weighted by Crippen LogP contribution is -2.50. The highest BCUT2D eigenvalue weighted by Gasteiger charge is 2.39. The molecule has 1 aliphatic rings. The maximum Gasteiger partial charge on any atom is 0.328 e. The molecule has 10 nitrogen and oxygen atoms in total. The number of hydrogen-bond acceptors (Lipinski definition) is 5. The molecular formula is C28H28N4O6. The van der Waals surface area contributed by atoms with Crippen molar-refractivity contribution in [2.24, 2.45) is 0 Å². The first-order chi connectivity index (χ1) is 18.3. The number of carbonyl (C=O) groups is 4. The van der Waals surface area contributed by atoms with E-state index in [1.54, 1.807) is 18.2 Å². The van der Waals surface area contributed by atoms with E-state index < -0.39 is 23.9 Å². The summed E-state index contributed by atoms with van der Waals surface area (Å²) < 4.78 is 0. The van der Waals surface area contributed by atoms with Crippen LogP contribution in [0, 0.1) is 0 Å². The maximum absolute atomic E-state index is 12.6. The first-order valence-corrected chi connectivity index (χ1v) is 12.1. The second-order valence-corrected chi connectivity index (χ2v) is 9.01. The molecule has 6 N–H and O–H groups in total. The number of carbonyl (C=O) groups excluding carboxylic acids is 3. The number of carboxylic acid groups (broad SMARTS) is 1. The van der Waals surface area contributed by atoms with Crippen LogP contribution < -0.4 is 21.3 Å². The lowest BCUT2D eigenvalue weighted by molar-refractivity contribution is -0.139. The Morgan fingerprint density at radius 1 is 0.842 bits per heavy atom. The fourth-order valence-electron chi connectivity index (χ4n) is 4.00. The second kappa shape index (κ2) is 11.9. The number of phenols is 1. The van der Waals surface area contributed by atoms with Gasteiger partial charge in [0.1, 0.15) is 11.8 Å². The highest BCUT2D eigenvalue weighted by atomic mass is 16.4. The summed E-state index contributed by atoms with van der Waals surface area (Å²) in [5.74, 6) is -1.99. The van der Waals surface area contributed by atoms with Crippen LogP contribution in [0.3, 0.4) is 0 Å². The number of rotatable bonds is 10. The van der Waals surface area contributed by atoms with E-state index in [2.05, 4.69) is 21.3 Å². The summed E-state index contributed by atoms with van der Waals surface area (Å²) >= 11 is 0. The third-order valence-corrected chi connectivity index (χ3v) is 6.18.